The van der Waals surface area contributed by atoms with E-state index in [1.54, 1.807) is 0 Å². The van der Waals surface area contributed by atoms with Crippen LogP contribution in [0.25, 0.3) is 0 Å². The molecular weight excluding hydrogens is 206 g/mol. The van der Waals surface area contributed by atoms with Gasteiger partial charge in [-0.2, -0.15) is 0 Å². The van der Waals surface area contributed by atoms with Crippen molar-refractivity contribution >= 4 is 11.8 Å². The Morgan fingerprint density at radius 3 is 2.69 bits per heavy atom. The van der Waals surface area contributed by atoms with Crippen LogP contribution >= 0.6 is 0 Å². The van der Waals surface area contributed by atoms with Gasteiger partial charge in [0.2, 0.25) is 11.8 Å². The fourth-order valence-electron chi connectivity index (χ4n) is 1.40. The van der Waals surface area contributed by atoms with E-state index in [0.29, 0.717) is 25.4 Å². The lowest BCUT2D eigenvalue weighted by Gasteiger charge is -2.10. The van der Waals surface area contributed by atoms with Gasteiger partial charge in [-0.05, 0) is 19.3 Å². The van der Waals surface area contributed by atoms with E-state index >= 15 is 0 Å². The van der Waals surface area contributed by atoms with Crippen molar-refractivity contribution in [3.8, 4) is 0 Å². The van der Waals surface area contributed by atoms with Crippen molar-refractivity contribution in [2.24, 2.45) is 5.73 Å². The first-order chi connectivity index (χ1) is 7.63. The summed E-state index contributed by atoms with van der Waals surface area (Å²) in [5, 5.41) is 5.53. The molecule has 4 N–H and O–H groups in total. The van der Waals surface area contributed by atoms with Crippen LogP contribution in [-0.4, -0.2) is 30.4 Å². The summed E-state index contributed by atoms with van der Waals surface area (Å²) in [6.07, 6.45) is 4.07. The standard InChI is InChI=1S/C11H21N3O2/c1-2-3-9(12)11(16)13-7-6-10(15)14-8-4-5-8/h8-9H,2-7,12H2,1H3,(H,13,16)(H,14,15)/t9-/m1/s1. The SMILES string of the molecule is CCC[C@@H](N)C(=O)NCCC(=O)NC1CC1. The van der Waals surface area contributed by atoms with Crippen LogP contribution in [0.1, 0.15) is 39.0 Å². The van der Waals surface area contributed by atoms with E-state index in [4.69, 9.17) is 5.73 Å². The third-order valence-corrected chi connectivity index (χ3v) is 2.53. The Bertz CT molecular complexity index is 252. The van der Waals surface area contributed by atoms with Gasteiger partial charge < -0.3 is 16.4 Å². The molecule has 0 radical (unpaired) electrons. The number of nitrogens with two attached hydrogens (primary N) is 1. The molecule has 2 amide bonds. The number of rotatable bonds is 7. The molecular formula is C11H21N3O2. The zero-order valence-electron chi connectivity index (χ0n) is 9.79. The number of nitrogens with one attached hydrogen (secondary N) is 2. The van der Waals surface area contributed by atoms with Gasteiger partial charge in [-0.3, -0.25) is 9.59 Å². The quantitative estimate of drug-likeness (QED) is 0.568. The molecule has 1 aliphatic rings. The number of amides is 2. The lowest BCUT2D eigenvalue weighted by Crippen LogP contribution is -2.41. The van der Waals surface area contributed by atoms with Crippen LogP contribution in [0.4, 0.5) is 0 Å². The first-order valence-electron chi connectivity index (χ1n) is 5.96. The summed E-state index contributed by atoms with van der Waals surface area (Å²) in [6, 6.07) is -0.0676. The normalized spacial score (nSPS) is 16.6. The fraction of sp³-hybridized carbons (Fsp3) is 0.818. The maximum Gasteiger partial charge on any atom is 0.236 e. The van der Waals surface area contributed by atoms with Crippen LogP contribution in [0, 0.1) is 0 Å². The summed E-state index contributed by atoms with van der Waals surface area (Å²) in [6.45, 7) is 2.35. The van der Waals surface area contributed by atoms with E-state index < -0.39 is 6.04 Å². The second kappa shape index (κ2) is 6.48. The predicted molar refractivity (Wildman–Crippen MR) is 61.7 cm³/mol. The van der Waals surface area contributed by atoms with E-state index in [9.17, 15) is 9.59 Å². The molecule has 5 nitrogen and oxygen atoms in total. The van der Waals surface area contributed by atoms with E-state index in [-0.39, 0.29) is 11.8 Å². The van der Waals surface area contributed by atoms with Crippen LogP contribution in [0.2, 0.25) is 0 Å². The van der Waals surface area contributed by atoms with Crippen LogP contribution in [0.5, 0.6) is 0 Å². The van der Waals surface area contributed by atoms with Crippen molar-refractivity contribution in [3.63, 3.8) is 0 Å². The van der Waals surface area contributed by atoms with E-state index in [1.807, 2.05) is 6.92 Å². The van der Waals surface area contributed by atoms with E-state index in [1.165, 1.54) is 0 Å². The van der Waals surface area contributed by atoms with Gasteiger partial charge in [-0.1, -0.05) is 13.3 Å². The minimum absolute atomic E-state index is 0.00635. The molecule has 1 atom stereocenters. The Balaban J connectivity index is 2.04. The van der Waals surface area contributed by atoms with Crippen molar-refractivity contribution in [1.82, 2.24) is 10.6 Å². The van der Waals surface area contributed by atoms with Crippen molar-refractivity contribution in [2.45, 2.75) is 51.1 Å². The molecule has 0 aromatic rings. The molecule has 16 heavy (non-hydrogen) atoms. The molecule has 5 heteroatoms. The molecule has 92 valence electrons. The summed E-state index contributed by atoms with van der Waals surface area (Å²) in [5.74, 6) is -0.159. The van der Waals surface area contributed by atoms with Gasteiger partial charge in [-0.25, -0.2) is 0 Å². The minimum atomic E-state index is -0.448. The molecule has 0 aromatic carbocycles. The smallest absolute Gasteiger partial charge is 0.236 e. The van der Waals surface area contributed by atoms with Gasteiger partial charge in [-0.15, -0.1) is 0 Å². The largest absolute Gasteiger partial charge is 0.354 e. The summed E-state index contributed by atoms with van der Waals surface area (Å²) in [5.41, 5.74) is 5.62. The highest BCUT2D eigenvalue weighted by molar-refractivity contribution is 5.82. The van der Waals surface area contributed by atoms with Gasteiger partial charge >= 0.3 is 0 Å². The van der Waals surface area contributed by atoms with Gasteiger partial charge in [0, 0.05) is 19.0 Å². The van der Waals surface area contributed by atoms with E-state index in [0.717, 1.165) is 19.3 Å². The molecule has 0 aromatic heterocycles. The van der Waals surface area contributed by atoms with Crippen LogP contribution in [0.15, 0.2) is 0 Å². The van der Waals surface area contributed by atoms with Crippen molar-refractivity contribution in [1.29, 1.82) is 0 Å². The molecule has 0 spiro atoms. The molecule has 1 rings (SSSR count). The van der Waals surface area contributed by atoms with Gasteiger partial charge in [0.05, 0.1) is 6.04 Å². The molecule has 0 unspecified atom stereocenters. The Kier molecular flexibility index (Phi) is 5.25. The van der Waals surface area contributed by atoms with Crippen molar-refractivity contribution in [3.05, 3.63) is 0 Å². The maximum absolute atomic E-state index is 11.4. The average Bonchev–Trinajstić information content (AvgIpc) is 3.01. The molecule has 1 fully saturated rings. The number of carbonyl (C=O) groups is 2. The Labute approximate surface area is 96.1 Å². The van der Waals surface area contributed by atoms with Crippen LogP contribution in [-0.2, 0) is 9.59 Å². The number of hydrogen-bond donors (Lipinski definition) is 3. The van der Waals surface area contributed by atoms with Gasteiger partial charge in [0.25, 0.3) is 0 Å². The van der Waals surface area contributed by atoms with E-state index in [2.05, 4.69) is 10.6 Å². The average molecular weight is 227 g/mol. The summed E-state index contributed by atoms with van der Waals surface area (Å²) in [4.78, 5) is 22.7. The van der Waals surface area contributed by atoms with Crippen molar-refractivity contribution < 1.29 is 9.59 Å². The fourth-order valence-corrected chi connectivity index (χ4v) is 1.40. The van der Waals surface area contributed by atoms with Crippen LogP contribution in [0.3, 0.4) is 0 Å². The van der Waals surface area contributed by atoms with Crippen molar-refractivity contribution in [2.75, 3.05) is 6.54 Å². The predicted octanol–water partition coefficient (Wildman–Crippen LogP) is -0.101. The molecule has 0 saturated heterocycles. The molecule has 0 aliphatic heterocycles. The van der Waals surface area contributed by atoms with Crippen LogP contribution < -0.4 is 16.4 Å². The number of hydrogen-bond acceptors (Lipinski definition) is 3. The van der Waals surface area contributed by atoms with Gasteiger partial charge in [0.1, 0.15) is 0 Å². The molecule has 1 aliphatic carbocycles. The second-order valence-electron chi connectivity index (χ2n) is 4.28. The lowest BCUT2D eigenvalue weighted by atomic mass is 10.1. The highest BCUT2D eigenvalue weighted by Crippen LogP contribution is 2.18. The zero-order chi connectivity index (χ0) is 12.0. The summed E-state index contributed by atoms with van der Waals surface area (Å²) < 4.78 is 0. The summed E-state index contributed by atoms with van der Waals surface area (Å²) in [7, 11) is 0. The third-order valence-electron chi connectivity index (χ3n) is 2.53. The third kappa shape index (κ3) is 5.11. The Morgan fingerprint density at radius 2 is 2.12 bits per heavy atom. The van der Waals surface area contributed by atoms with Gasteiger partial charge in [0.15, 0.2) is 0 Å². The zero-order valence-corrected chi connectivity index (χ0v) is 9.79. The first-order valence-corrected chi connectivity index (χ1v) is 5.96. The monoisotopic (exact) mass is 227 g/mol. The second-order valence-corrected chi connectivity index (χ2v) is 4.28. The highest BCUT2D eigenvalue weighted by Gasteiger charge is 2.22. The molecule has 0 bridgehead atoms. The molecule has 0 heterocycles. The summed E-state index contributed by atoms with van der Waals surface area (Å²) >= 11 is 0. The maximum atomic E-state index is 11.4. The number of carbonyl (C=O) groups excluding carboxylic acids is 2. The topological polar surface area (TPSA) is 84.2 Å². The lowest BCUT2D eigenvalue weighted by molar-refractivity contribution is -0.123. The Morgan fingerprint density at radius 1 is 1.44 bits per heavy atom. The highest BCUT2D eigenvalue weighted by atomic mass is 16.2. The minimum Gasteiger partial charge on any atom is -0.354 e. The molecule has 1 saturated carbocycles. The first kappa shape index (κ1) is 13.0. The Hall–Kier alpha value is -1.10.